The Morgan fingerprint density at radius 3 is 2.41 bits per heavy atom. The number of aliphatic hydroxyl groups excluding tert-OH is 1. The second kappa shape index (κ2) is 8.09. The molecule has 0 spiro atoms. The van der Waals surface area contributed by atoms with Crippen molar-refractivity contribution in [2.24, 2.45) is 5.73 Å². The quantitative estimate of drug-likeness (QED) is 0.692. The number of nitrogens with zero attached hydrogens (tertiary/aromatic N) is 2. The van der Waals surface area contributed by atoms with E-state index >= 15 is 0 Å². The Morgan fingerprint density at radius 2 is 1.86 bits per heavy atom. The first kappa shape index (κ1) is 17.4. The average molecular weight is 309 g/mol. The van der Waals surface area contributed by atoms with Gasteiger partial charge in [0.1, 0.15) is 5.54 Å². The largest absolute Gasteiger partial charge is 0.392 e. The molecule has 1 saturated heterocycles. The van der Waals surface area contributed by atoms with Gasteiger partial charge >= 0.3 is 0 Å². The molecule has 0 aromatic heterocycles. The van der Waals surface area contributed by atoms with Crippen LogP contribution in [-0.4, -0.2) is 65.2 Å². The summed E-state index contributed by atoms with van der Waals surface area (Å²) in [7, 11) is 0. The fourth-order valence-electron chi connectivity index (χ4n) is 3.91. The summed E-state index contributed by atoms with van der Waals surface area (Å²) in [6.07, 6.45) is 8.41. The van der Waals surface area contributed by atoms with Crippen LogP contribution in [0.2, 0.25) is 0 Å². The molecule has 1 atom stereocenters. The van der Waals surface area contributed by atoms with Gasteiger partial charge in [-0.05, 0) is 25.7 Å². The Labute approximate surface area is 134 Å². The Balaban J connectivity index is 1.85. The van der Waals surface area contributed by atoms with E-state index in [4.69, 9.17) is 5.73 Å². The predicted octanol–water partition coefficient (Wildman–Crippen LogP) is 1.12. The van der Waals surface area contributed by atoms with E-state index in [2.05, 4.69) is 16.4 Å². The van der Waals surface area contributed by atoms with Crippen LogP contribution in [0.15, 0.2) is 12.7 Å². The van der Waals surface area contributed by atoms with Crippen LogP contribution in [-0.2, 0) is 4.79 Å². The number of β-amino-alcohol motifs (C(OH)–C–C–N with tert-alkyl or cyclic N) is 1. The summed E-state index contributed by atoms with van der Waals surface area (Å²) in [4.78, 5) is 16.7. The molecular weight excluding hydrogens is 278 g/mol. The van der Waals surface area contributed by atoms with Crippen molar-refractivity contribution in [3.8, 4) is 0 Å². The van der Waals surface area contributed by atoms with Gasteiger partial charge in [0.25, 0.3) is 0 Å². The van der Waals surface area contributed by atoms with Crippen molar-refractivity contribution in [3.05, 3.63) is 12.7 Å². The monoisotopic (exact) mass is 309 g/mol. The second-order valence-electron chi connectivity index (χ2n) is 6.76. The molecular formula is C17H31N3O2. The number of amides is 1. The third kappa shape index (κ3) is 4.09. The summed E-state index contributed by atoms with van der Waals surface area (Å²) < 4.78 is 0. The number of carbonyl (C=O) groups is 1. The molecule has 1 aliphatic heterocycles. The molecule has 1 amide bonds. The molecule has 1 saturated carbocycles. The van der Waals surface area contributed by atoms with Crippen LogP contribution >= 0.6 is 0 Å². The molecule has 3 N–H and O–H groups in total. The first-order valence-corrected chi connectivity index (χ1v) is 8.65. The van der Waals surface area contributed by atoms with Gasteiger partial charge in [-0.2, -0.15) is 0 Å². The molecule has 126 valence electrons. The lowest BCUT2D eigenvalue weighted by Gasteiger charge is -2.48. The number of rotatable bonds is 7. The van der Waals surface area contributed by atoms with E-state index in [9.17, 15) is 9.90 Å². The Kier molecular flexibility index (Phi) is 6.41. The first-order valence-electron chi connectivity index (χ1n) is 8.65. The maximum atomic E-state index is 12.1. The van der Waals surface area contributed by atoms with Gasteiger partial charge in [-0.3, -0.25) is 14.6 Å². The van der Waals surface area contributed by atoms with Crippen LogP contribution < -0.4 is 5.73 Å². The summed E-state index contributed by atoms with van der Waals surface area (Å²) in [5, 5.41) is 10.0. The Bertz CT molecular complexity index is 372. The van der Waals surface area contributed by atoms with Crippen LogP contribution in [0.25, 0.3) is 0 Å². The van der Waals surface area contributed by atoms with Gasteiger partial charge in [0, 0.05) is 32.7 Å². The van der Waals surface area contributed by atoms with E-state index < -0.39 is 5.54 Å². The highest BCUT2D eigenvalue weighted by Crippen LogP contribution is 2.34. The third-order valence-electron chi connectivity index (χ3n) is 5.29. The van der Waals surface area contributed by atoms with Gasteiger partial charge in [0.15, 0.2) is 0 Å². The van der Waals surface area contributed by atoms with Gasteiger partial charge in [-0.15, -0.1) is 6.58 Å². The van der Waals surface area contributed by atoms with Crippen molar-refractivity contribution in [1.29, 1.82) is 0 Å². The number of carbonyl (C=O) groups excluding carboxylic acids is 1. The van der Waals surface area contributed by atoms with Crippen LogP contribution in [0.4, 0.5) is 0 Å². The van der Waals surface area contributed by atoms with Gasteiger partial charge in [0.05, 0.1) is 6.10 Å². The average Bonchev–Trinajstić information content (AvgIpc) is 2.54. The highest BCUT2D eigenvalue weighted by atomic mass is 16.3. The first-order chi connectivity index (χ1) is 10.6. The van der Waals surface area contributed by atoms with Gasteiger partial charge in [0.2, 0.25) is 5.91 Å². The number of piperazine rings is 1. The van der Waals surface area contributed by atoms with E-state index in [1.165, 1.54) is 6.42 Å². The maximum absolute atomic E-state index is 12.1. The van der Waals surface area contributed by atoms with Crippen molar-refractivity contribution in [2.45, 2.75) is 56.6 Å². The maximum Gasteiger partial charge on any atom is 0.237 e. The molecule has 2 fully saturated rings. The van der Waals surface area contributed by atoms with Crippen LogP contribution in [0.3, 0.4) is 0 Å². The topological polar surface area (TPSA) is 69.8 Å². The molecule has 2 rings (SSSR count). The summed E-state index contributed by atoms with van der Waals surface area (Å²) in [5.41, 5.74) is 5.35. The molecule has 0 bridgehead atoms. The normalized spacial score (nSPS) is 24.8. The number of aliphatic hydroxyl groups is 1. The number of hydrogen-bond acceptors (Lipinski definition) is 4. The van der Waals surface area contributed by atoms with Crippen LogP contribution in [0.1, 0.15) is 44.9 Å². The molecule has 1 aliphatic carbocycles. The van der Waals surface area contributed by atoms with Crippen LogP contribution in [0, 0.1) is 0 Å². The zero-order valence-corrected chi connectivity index (χ0v) is 13.7. The second-order valence-corrected chi connectivity index (χ2v) is 6.76. The molecule has 0 unspecified atom stereocenters. The predicted molar refractivity (Wildman–Crippen MR) is 88.5 cm³/mol. The highest BCUT2D eigenvalue weighted by Gasteiger charge is 2.44. The minimum atomic E-state index is -0.411. The van der Waals surface area contributed by atoms with Gasteiger partial charge in [-0.1, -0.05) is 25.3 Å². The fraction of sp³-hybridized carbons (Fsp3) is 0.824. The zero-order valence-electron chi connectivity index (χ0n) is 13.7. The van der Waals surface area contributed by atoms with E-state index in [1.807, 2.05) is 6.08 Å². The summed E-state index contributed by atoms with van der Waals surface area (Å²) in [6, 6.07) is 0. The molecule has 2 aliphatic rings. The van der Waals surface area contributed by atoms with Gasteiger partial charge in [-0.25, -0.2) is 0 Å². The van der Waals surface area contributed by atoms with E-state index in [0.717, 1.165) is 64.7 Å². The lowest BCUT2D eigenvalue weighted by molar-refractivity contribution is -0.134. The number of allylic oxidation sites excluding steroid dienone is 1. The van der Waals surface area contributed by atoms with Crippen molar-refractivity contribution in [2.75, 3.05) is 32.7 Å². The highest BCUT2D eigenvalue weighted by molar-refractivity contribution is 5.84. The van der Waals surface area contributed by atoms with Crippen molar-refractivity contribution in [3.63, 3.8) is 0 Å². The Morgan fingerprint density at radius 1 is 1.23 bits per heavy atom. The zero-order chi connectivity index (χ0) is 16.0. The van der Waals surface area contributed by atoms with Crippen LogP contribution in [0.5, 0.6) is 0 Å². The van der Waals surface area contributed by atoms with Crippen molar-refractivity contribution in [1.82, 2.24) is 9.80 Å². The molecule has 0 radical (unpaired) electrons. The lowest BCUT2D eigenvalue weighted by Crippen LogP contribution is -2.63. The summed E-state index contributed by atoms with van der Waals surface area (Å²) in [5.74, 6) is -0.147. The smallest absolute Gasteiger partial charge is 0.237 e. The number of hydrogen-bond donors (Lipinski definition) is 2. The minimum absolute atomic E-state index is 0.147. The standard InChI is InChI=1S/C17H31N3O2/c1-2-3-7-15(21)14-19-10-12-20(13-11-19)17(16(18)22)8-5-4-6-9-17/h2,15,21H,1,3-14H2,(H2,18,22)/t15-/m1/s1. The Hall–Kier alpha value is -0.910. The fourth-order valence-corrected chi connectivity index (χ4v) is 3.91. The molecule has 5 heteroatoms. The third-order valence-corrected chi connectivity index (χ3v) is 5.29. The SMILES string of the molecule is C=CCC[C@@H](O)CN1CCN(C2(C(N)=O)CCCCC2)CC1. The van der Waals surface area contributed by atoms with E-state index in [1.54, 1.807) is 0 Å². The van der Waals surface area contributed by atoms with E-state index in [-0.39, 0.29) is 12.0 Å². The van der Waals surface area contributed by atoms with Crippen molar-refractivity contribution < 1.29 is 9.90 Å². The summed E-state index contributed by atoms with van der Waals surface area (Å²) >= 11 is 0. The lowest BCUT2D eigenvalue weighted by atomic mass is 9.79. The molecule has 22 heavy (non-hydrogen) atoms. The van der Waals surface area contributed by atoms with Crippen molar-refractivity contribution >= 4 is 5.91 Å². The number of nitrogens with two attached hydrogens (primary N) is 1. The molecule has 5 nitrogen and oxygen atoms in total. The van der Waals surface area contributed by atoms with Gasteiger partial charge < -0.3 is 10.8 Å². The summed E-state index contributed by atoms with van der Waals surface area (Å²) in [6.45, 7) is 7.95. The number of primary amides is 1. The minimum Gasteiger partial charge on any atom is -0.392 e. The molecule has 0 aromatic carbocycles. The van der Waals surface area contributed by atoms with E-state index in [0.29, 0.717) is 6.54 Å². The molecule has 0 aromatic rings. The molecule has 1 heterocycles.